The molecule has 1 fully saturated rings. The predicted molar refractivity (Wildman–Crippen MR) is 54.6 cm³/mol. The van der Waals surface area contributed by atoms with E-state index in [0.717, 1.165) is 12.8 Å². The molecule has 0 aromatic heterocycles. The molecule has 1 N–H and O–H groups in total. The van der Waals surface area contributed by atoms with Gasteiger partial charge in [-0.15, -0.1) is 0 Å². The van der Waals surface area contributed by atoms with Crippen LogP contribution < -0.4 is 0 Å². The van der Waals surface area contributed by atoms with Crippen LogP contribution in [0.2, 0.25) is 0 Å². The monoisotopic (exact) mass is 214 g/mol. The molecule has 0 aromatic carbocycles. The van der Waals surface area contributed by atoms with Crippen molar-refractivity contribution in [2.75, 3.05) is 6.61 Å². The van der Waals surface area contributed by atoms with Gasteiger partial charge in [-0.05, 0) is 26.2 Å². The van der Waals surface area contributed by atoms with Gasteiger partial charge in [-0.1, -0.05) is 0 Å². The number of carboxylic acids is 1. The normalized spacial score (nSPS) is 26.6. The summed E-state index contributed by atoms with van der Waals surface area (Å²) in [6.07, 6.45) is 2.74. The van der Waals surface area contributed by atoms with E-state index in [4.69, 9.17) is 9.84 Å². The second-order valence-electron chi connectivity index (χ2n) is 3.95. The van der Waals surface area contributed by atoms with Crippen LogP contribution in [0.5, 0.6) is 0 Å². The van der Waals surface area contributed by atoms with E-state index in [2.05, 4.69) is 0 Å². The standard InChI is InChI=1S/C11H18O4/c1-2-15-9-5-3-8(10(12)7-9)4-6-11(13)14/h8-9H,2-7H2,1H3,(H,13,14)/t8-,9+/m0/s1. The number of carboxylic acid groups (broad SMARTS) is 1. The molecule has 86 valence electrons. The van der Waals surface area contributed by atoms with E-state index in [9.17, 15) is 9.59 Å². The van der Waals surface area contributed by atoms with Crippen LogP contribution in [0, 0.1) is 5.92 Å². The minimum Gasteiger partial charge on any atom is -0.481 e. The van der Waals surface area contributed by atoms with Gasteiger partial charge in [0.15, 0.2) is 0 Å². The third-order valence-electron chi connectivity index (χ3n) is 2.83. The van der Waals surface area contributed by atoms with Gasteiger partial charge >= 0.3 is 5.97 Å². The Morgan fingerprint density at radius 3 is 2.80 bits per heavy atom. The molecule has 1 aliphatic carbocycles. The fourth-order valence-electron chi connectivity index (χ4n) is 2.02. The van der Waals surface area contributed by atoms with E-state index >= 15 is 0 Å². The lowest BCUT2D eigenvalue weighted by atomic mass is 9.83. The maximum Gasteiger partial charge on any atom is 0.303 e. The molecule has 2 atom stereocenters. The molecule has 0 radical (unpaired) electrons. The molecule has 0 spiro atoms. The molecule has 15 heavy (non-hydrogen) atoms. The lowest BCUT2D eigenvalue weighted by Crippen LogP contribution is -2.30. The van der Waals surface area contributed by atoms with Crippen molar-refractivity contribution in [3.63, 3.8) is 0 Å². The summed E-state index contributed by atoms with van der Waals surface area (Å²) in [5.74, 6) is -0.714. The number of rotatable bonds is 5. The Morgan fingerprint density at radius 2 is 2.27 bits per heavy atom. The third kappa shape index (κ3) is 4.00. The van der Waals surface area contributed by atoms with E-state index in [1.807, 2.05) is 6.92 Å². The lowest BCUT2D eigenvalue weighted by molar-refractivity contribution is -0.138. The summed E-state index contributed by atoms with van der Waals surface area (Å²) in [5.41, 5.74) is 0. The molecule has 0 amide bonds. The van der Waals surface area contributed by atoms with E-state index in [1.165, 1.54) is 0 Å². The number of Topliss-reactive ketones (excluding diaryl/α,β-unsaturated/α-hetero) is 1. The van der Waals surface area contributed by atoms with Crippen molar-refractivity contribution in [3.05, 3.63) is 0 Å². The number of aliphatic carboxylic acids is 1. The minimum absolute atomic E-state index is 0.0576. The number of ether oxygens (including phenoxy) is 1. The Balaban J connectivity index is 2.32. The first-order valence-corrected chi connectivity index (χ1v) is 5.49. The average Bonchev–Trinajstić information content (AvgIpc) is 2.17. The van der Waals surface area contributed by atoms with Crippen molar-refractivity contribution in [1.29, 1.82) is 0 Å². The molecule has 0 aliphatic heterocycles. The number of carbonyl (C=O) groups is 2. The fourth-order valence-corrected chi connectivity index (χ4v) is 2.02. The van der Waals surface area contributed by atoms with Crippen LogP contribution in [0.15, 0.2) is 0 Å². The second kappa shape index (κ2) is 5.85. The van der Waals surface area contributed by atoms with Gasteiger partial charge in [-0.25, -0.2) is 0 Å². The average molecular weight is 214 g/mol. The summed E-state index contributed by atoms with van der Waals surface area (Å²) in [7, 11) is 0. The second-order valence-corrected chi connectivity index (χ2v) is 3.95. The molecular weight excluding hydrogens is 196 g/mol. The Kier molecular flexibility index (Phi) is 4.75. The SMILES string of the molecule is CCO[C@@H]1CC[C@@H](CCC(=O)O)C(=O)C1. The molecular formula is C11H18O4. The summed E-state index contributed by atoms with van der Waals surface area (Å²) in [6, 6.07) is 0. The van der Waals surface area contributed by atoms with E-state index < -0.39 is 5.97 Å². The predicted octanol–water partition coefficient (Wildman–Crippen LogP) is 1.63. The van der Waals surface area contributed by atoms with Gasteiger partial charge in [-0.2, -0.15) is 0 Å². The van der Waals surface area contributed by atoms with Gasteiger partial charge < -0.3 is 9.84 Å². The third-order valence-corrected chi connectivity index (χ3v) is 2.83. The molecule has 4 heteroatoms. The zero-order chi connectivity index (χ0) is 11.3. The van der Waals surface area contributed by atoms with Crippen molar-refractivity contribution < 1.29 is 19.4 Å². The summed E-state index contributed by atoms with van der Waals surface area (Å²) >= 11 is 0. The summed E-state index contributed by atoms with van der Waals surface area (Å²) < 4.78 is 5.39. The molecule has 0 saturated heterocycles. The first-order valence-electron chi connectivity index (χ1n) is 5.49. The van der Waals surface area contributed by atoms with Gasteiger partial charge in [0.2, 0.25) is 0 Å². The van der Waals surface area contributed by atoms with Crippen molar-refractivity contribution in [2.24, 2.45) is 5.92 Å². The highest BCUT2D eigenvalue weighted by Crippen LogP contribution is 2.26. The fraction of sp³-hybridized carbons (Fsp3) is 0.818. The maximum atomic E-state index is 11.6. The number of hydrogen-bond donors (Lipinski definition) is 1. The van der Waals surface area contributed by atoms with Crippen LogP contribution in [0.4, 0.5) is 0 Å². The largest absolute Gasteiger partial charge is 0.481 e. The van der Waals surface area contributed by atoms with Crippen molar-refractivity contribution in [3.8, 4) is 0 Å². The summed E-state index contributed by atoms with van der Waals surface area (Å²) in [4.78, 5) is 22.0. The van der Waals surface area contributed by atoms with Crippen LogP contribution >= 0.6 is 0 Å². The zero-order valence-corrected chi connectivity index (χ0v) is 9.07. The van der Waals surface area contributed by atoms with Gasteiger partial charge in [0.05, 0.1) is 6.10 Å². The minimum atomic E-state index is -0.824. The van der Waals surface area contributed by atoms with Gasteiger partial charge in [0.25, 0.3) is 0 Å². The Bertz CT molecular complexity index is 237. The van der Waals surface area contributed by atoms with E-state index in [-0.39, 0.29) is 24.2 Å². The van der Waals surface area contributed by atoms with Gasteiger partial charge in [-0.3, -0.25) is 9.59 Å². The Labute approximate surface area is 89.6 Å². The molecule has 1 rings (SSSR count). The van der Waals surface area contributed by atoms with E-state index in [1.54, 1.807) is 0 Å². The molecule has 0 unspecified atom stereocenters. The Hall–Kier alpha value is -0.900. The molecule has 0 aromatic rings. The lowest BCUT2D eigenvalue weighted by Gasteiger charge is -2.26. The number of carbonyl (C=O) groups excluding carboxylic acids is 1. The molecule has 1 saturated carbocycles. The summed E-state index contributed by atoms with van der Waals surface area (Å²) in [6.45, 7) is 2.55. The molecule has 1 aliphatic rings. The van der Waals surface area contributed by atoms with Crippen molar-refractivity contribution in [2.45, 2.75) is 45.1 Å². The first kappa shape index (κ1) is 12.2. The molecule has 0 bridgehead atoms. The highest BCUT2D eigenvalue weighted by atomic mass is 16.5. The van der Waals surface area contributed by atoms with Crippen LogP contribution in [0.3, 0.4) is 0 Å². The smallest absolute Gasteiger partial charge is 0.303 e. The van der Waals surface area contributed by atoms with Gasteiger partial charge in [0.1, 0.15) is 5.78 Å². The Morgan fingerprint density at radius 1 is 1.53 bits per heavy atom. The highest BCUT2D eigenvalue weighted by molar-refractivity contribution is 5.82. The first-order chi connectivity index (χ1) is 7.13. The van der Waals surface area contributed by atoms with Crippen LogP contribution in [-0.4, -0.2) is 29.6 Å². The number of hydrogen-bond acceptors (Lipinski definition) is 3. The number of ketones is 1. The van der Waals surface area contributed by atoms with Crippen LogP contribution in [0.25, 0.3) is 0 Å². The van der Waals surface area contributed by atoms with Crippen molar-refractivity contribution >= 4 is 11.8 Å². The van der Waals surface area contributed by atoms with Crippen LogP contribution in [0.1, 0.15) is 39.0 Å². The topological polar surface area (TPSA) is 63.6 Å². The molecule has 0 heterocycles. The zero-order valence-electron chi connectivity index (χ0n) is 9.07. The molecule has 4 nitrogen and oxygen atoms in total. The summed E-state index contributed by atoms with van der Waals surface area (Å²) in [5, 5.41) is 8.53. The maximum absolute atomic E-state index is 11.6. The van der Waals surface area contributed by atoms with E-state index in [0.29, 0.717) is 19.4 Å². The van der Waals surface area contributed by atoms with Crippen molar-refractivity contribution in [1.82, 2.24) is 0 Å². The van der Waals surface area contributed by atoms with Crippen LogP contribution in [-0.2, 0) is 14.3 Å². The quantitative estimate of drug-likeness (QED) is 0.755. The highest BCUT2D eigenvalue weighted by Gasteiger charge is 2.28. The van der Waals surface area contributed by atoms with Gasteiger partial charge in [0, 0.05) is 25.4 Å².